The third-order valence-corrected chi connectivity index (χ3v) is 3.33. The second-order valence-corrected chi connectivity index (χ2v) is 5.22. The van der Waals surface area contributed by atoms with Gasteiger partial charge in [0, 0.05) is 4.90 Å². The Morgan fingerprint density at radius 2 is 1.89 bits per heavy atom. The average Bonchev–Trinajstić information content (AvgIpc) is 2.38. The number of carbonyl (C=O) groups is 1. The molecule has 18 heavy (non-hydrogen) atoms. The van der Waals surface area contributed by atoms with Crippen LogP contribution in [0.3, 0.4) is 0 Å². The van der Waals surface area contributed by atoms with Crippen molar-refractivity contribution in [3.63, 3.8) is 0 Å². The van der Waals surface area contributed by atoms with Crippen LogP contribution in [0, 0.1) is 5.82 Å². The maximum absolute atomic E-state index is 12.7. The number of aliphatic hydroxyl groups is 2. The molecule has 0 radical (unpaired) electrons. The fourth-order valence-corrected chi connectivity index (χ4v) is 1.88. The molecule has 1 amide bonds. The lowest BCUT2D eigenvalue weighted by Gasteiger charge is -2.26. The molecule has 1 aromatic carbocycles. The number of carbonyl (C=O) groups excluding carboxylic acids is 1. The maximum atomic E-state index is 12.7. The lowest BCUT2D eigenvalue weighted by molar-refractivity contribution is -0.121. The van der Waals surface area contributed by atoms with Gasteiger partial charge in [-0.1, -0.05) is 0 Å². The number of thioether (sulfide) groups is 1. The molecular formula is C12H16FNO3S. The fourth-order valence-electron chi connectivity index (χ4n) is 1.18. The highest BCUT2D eigenvalue weighted by atomic mass is 32.2. The number of amides is 1. The monoisotopic (exact) mass is 273 g/mol. The molecule has 0 spiro atoms. The lowest BCUT2D eigenvalue weighted by Crippen LogP contribution is -2.52. The molecule has 0 bridgehead atoms. The fraction of sp³-hybridized carbons (Fsp3) is 0.417. The van der Waals surface area contributed by atoms with Gasteiger partial charge in [0.1, 0.15) is 5.82 Å². The molecule has 0 aliphatic rings. The van der Waals surface area contributed by atoms with Crippen LogP contribution >= 0.6 is 11.8 Å². The van der Waals surface area contributed by atoms with Gasteiger partial charge in [-0.05, 0) is 31.2 Å². The van der Waals surface area contributed by atoms with Crippen LogP contribution in [0.1, 0.15) is 6.92 Å². The minimum atomic E-state index is -1.01. The first-order valence-electron chi connectivity index (χ1n) is 5.40. The van der Waals surface area contributed by atoms with Gasteiger partial charge in [0.15, 0.2) is 0 Å². The van der Waals surface area contributed by atoms with Gasteiger partial charge in [-0.3, -0.25) is 4.79 Å². The molecular weight excluding hydrogens is 257 g/mol. The van der Waals surface area contributed by atoms with Crippen LogP contribution in [-0.4, -0.2) is 40.6 Å². The summed E-state index contributed by atoms with van der Waals surface area (Å²) in [6.07, 6.45) is 0. The second-order valence-electron chi connectivity index (χ2n) is 4.17. The highest BCUT2D eigenvalue weighted by Gasteiger charge is 2.24. The summed E-state index contributed by atoms with van der Waals surface area (Å²) in [5.74, 6) is -0.479. The third-order valence-electron chi connectivity index (χ3n) is 2.32. The van der Waals surface area contributed by atoms with Crippen LogP contribution in [-0.2, 0) is 4.79 Å². The first-order valence-corrected chi connectivity index (χ1v) is 6.39. The molecule has 0 fully saturated rings. The Kier molecular flexibility index (Phi) is 5.58. The Labute approximate surface area is 109 Å². The number of benzene rings is 1. The highest BCUT2D eigenvalue weighted by Crippen LogP contribution is 2.17. The van der Waals surface area contributed by atoms with Gasteiger partial charge in [0.25, 0.3) is 0 Å². The number of nitrogens with one attached hydrogen (secondary N) is 1. The van der Waals surface area contributed by atoms with Gasteiger partial charge < -0.3 is 15.5 Å². The van der Waals surface area contributed by atoms with Crippen molar-refractivity contribution in [1.82, 2.24) is 5.32 Å². The molecule has 1 rings (SSSR count). The standard InChI is InChI=1S/C12H16FNO3S/c1-12(7-15,8-16)14-11(17)6-18-10-4-2-9(13)3-5-10/h2-5,15-16H,6-8H2,1H3,(H,14,17). The Balaban J connectivity index is 2.44. The van der Waals surface area contributed by atoms with E-state index in [2.05, 4.69) is 5.32 Å². The van der Waals surface area contributed by atoms with Gasteiger partial charge in [0.05, 0.1) is 24.5 Å². The highest BCUT2D eigenvalue weighted by molar-refractivity contribution is 8.00. The van der Waals surface area contributed by atoms with Crippen LogP contribution in [0.15, 0.2) is 29.2 Å². The summed E-state index contributed by atoms with van der Waals surface area (Å²) in [6.45, 7) is 0.875. The van der Waals surface area contributed by atoms with E-state index in [1.54, 1.807) is 19.1 Å². The van der Waals surface area contributed by atoms with Gasteiger partial charge in [-0.25, -0.2) is 4.39 Å². The molecule has 1 aromatic rings. The maximum Gasteiger partial charge on any atom is 0.230 e. The van der Waals surface area contributed by atoms with Crippen LogP contribution < -0.4 is 5.32 Å². The molecule has 0 saturated carbocycles. The van der Waals surface area contributed by atoms with Crippen molar-refractivity contribution in [2.24, 2.45) is 0 Å². The number of halogens is 1. The van der Waals surface area contributed by atoms with Gasteiger partial charge in [-0.2, -0.15) is 0 Å². The molecule has 4 nitrogen and oxygen atoms in total. The largest absolute Gasteiger partial charge is 0.394 e. The molecule has 0 aromatic heterocycles. The quantitative estimate of drug-likeness (QED) is 0.670. The minimum absolute atomic E-state index is 0.140. The van der Waals surface area contributed by atoms with Gasteiger partial charge in [-0.15, -0.1) is 11.8 Å². The predicted octanol–water partition coefficient (Wildman–Crippen LogP) is 0.777. The van der Waals surface area contributed by atoms with Crippen molar-refractivity contribution >= 4 is 17.7 Å². The minimum Gasteiger partial charge on any atom is -0.394 e. The molecule has 0 unspecified atom stereocenters. The van der Waals surface area contributed by atoms with Crippen molar-refractivity contribution in [3.8, 4) is 0 Å². The number of aliphatic hydroxyl groups excluding tert-OH is 2. The summed E-state index contributed by atoms with van der Waals surface area (Å²) >= 11 is 1.26. The van der Waals surface area contributed by atoms with E-state index in [4.69, 9.17) is 10.2 Å². The zero-order valence-electron chi connectivity index (χ0n) is 10.0. The summed E-state index contributed by atoms with van der Waals surface area (Å²) in [4.78, 5) is 12.4. The lowest BCUT2D eigenvalue weighted by atomic mass is 10.1. The Hall–Kier alpha value is -1.11. The van der Waals surface area contributed by atoms with Crippen molar-refractivity contribution < 1.29 is 19.4 Å². The summed E-state index contributed by atoms with van der Waals surface area (Å²) in [5, 5.41) is 20.6. The first kappa shape index (κ1) is 14.9. The molecule has 0 aliphatic carbocycles. The molecule has 0 atom stereocenters. The normalized spacial score (nSPS) is 11.3. The molecule has 3 N–H and O–H groups in total. The molecule has 100 valence electrons. The smallest absolute Gasteiger partial charge is 0.230 e. The Morgan fingerprint density at radius 1 is 1.33 bits per heavy atom. The summed E-state index contributed by atoms with van der Waals surface area (Å²) in [5.41, 5.74) is -1.01. The van der Waals surface area contributed by atoms with Crippen molar-refractivity contribution in [2.75, 3.05) is 19.0 Å². The van der Waals surface area contributed by atoms with Crippen LogP contribution in [0.25, 0.3) is 0 Å². The molecule has 0 heterocycles. The third kappa shape index (κ3) is 4.64. The van der Waals surface area contributed by atoms with Crippen molar-refractivity contribution in [1.29, 1.82) is 0 Å². The van der Waals surface area contributed by atoms with Crippen molar-refractivity contribution in [2.45, 2.75) is 17.4 Å². The van der Waals surface area contributed by atoms with E-state index in [0.717, 1.165) is 4.90 Å². The molecule has 0 saturated heterocycles. The zero-order chi connectivity index (χ0) is 13.6. The van der Waals surface area contributed by atoms with E-state index in [9.17, 15) is 9.18 Å². The van der Waals surface area contributed by atoms with E-state index in [1.165, 1.54) is 23.9 Å². The first-order chi connectivity index (χ1) is 8.49. The number of rotatable bonds is 6. The summed E-state index contributed by atoms with van der Waals surface area (Å²) in [6, 6.07) is 5.83. The van der Waals surface area contributed by atoms with E-state index in [-0.39, 0.29) is 30.7 Å². The van der Waals surface area contributed by atoms with E-state index in [0.29, 0.717) is 0 Å². The Morgan fingerprint density at radius 3 is 2.39 bits per heavy atom. The molecule has 0 aliphatic heterocycles. The number of hydrogen-bond acceptors (Lipinski definition) is 4. The van der Waals surface area contributed by atoms with Crippen LogP contribution in [0.5, 0.6) is 0 Å². The van der Waals surface area contributed by atoms with E-state index < -0.39 is 5.54 Å². The Bertz CT molecular complexity index is 393. The summed E-state index contributed by atoms with van der Waals surface area (Å²) < 4.78 is 12.7. The van der Waals surface area contributed by atoms with Gasteiger partial charge in [0.2, 0.25) is 5.91 Å². The second kappa shape index (κ2) is 6.72. The van der Waals surface area contributed by atoms with Crippen LogP contribution in [0.2, 0.25) is 0 Å². The average molecular weight is 273 g/mol. The number of hydrogen-bond donors (Lipinski definition) is 3. The topological polar surface area (TPSA) is 69.6 Å². The summed E-state index contributed by atoms with van der Waals surface area (Å²) in [7, 11) is 0. The zero-order valence-corrected chi connectivity index (χ0v) is 10.8. The SMILES string of the molecule is CC(CO)(CO)NC(=O)CSc1ccc(F)cc1. The molecule has 6 heteroatoms. The van der Waals surface area contributed by atoms with E-state index >= 15 is 0 Å². The van der Waals surface area contributed by atoms with E-state index in [1.807, 2.05) is 0 Å². The predicted molar refractivity (Wildman–Crippen MR) is 67.8 cm³/mol. The van der Waals surface area contributed by atoms with Crippen molar-refractivity contribution in [3.05, 3.63) is 30.1 Å². The van der Waals surface area contributed by atoms with Crippen LogP contribution in [0.4, 0.5) is 4.39 Å². The van der Waals surface area contributed by atoms with Gasteiger partial charge >= 0.3 is 0 Å².